The number of ether oxygens (including phenoxy) is 1. The molecule has 0 saturated carbocycles. The number of carbonyl (C=O) groups is 3. The molecule has 14 heteroatoms. The molecule has 2 saturated heterocycles. The van der Waals surface area contributed by atoms with Crippen LogP contribution in [-0.2, 0) is 24.6 Å². The second-order valence-corrected chi connectivity index (χ2v) is 15.6. The lowest BCUT2D eigenvalue weighted by molar-refractivity contribution is -0.154. The molecule has 0 radical (unpaired) electrons. The third-order valence-corrected chi connectivity index (χ3v) is 10.6. The Morgan fingerprint density at radius 3 is 2.43 bits per heavy atom. The largest absolute Gasteiger partial charge is 0.399 e. The molecule has 0 spiro atoms. The van der Waals surface area contributed by atoms with E-state index in [1.54, 1.807) is 9.80 Å². The molecular weight excluding hydrogens is 639 g/mol. The summed E-state index contributed by atoms with van der Waals surface area (Å²) in [6.07, 6.45) is 1.73. The van der Waals surface area contributed by atoms with Gasteiger partial charge in [0.15, 0.2) is 0 Å². The molecule has 46 heavy (non-hydrogen) atoms. The maximum Gasteiger partial charge on any atom is 0.399 e. The summed E-state index contributed by atoms with van der Waals surface area (Å²) in [5.74, 6) is -1.13. The second-order valence-electron chi connectivity index (χ2n) is 12.8. The molecule has 3 unspecified atom stereocenters. The summed E-state index contributed by atoms with van der Waals surface area (Å²) in [4.78, 5) is 63.3. The van der Waals surface area contributed by atoms with E-state index in [2.05, 4.69) is 5.32 Å². The van der Waals surface area contributed by atoms with Crippen LogP contribution in [0.5, 0.6) is 0 Å². The van der Waals surface area contributed by atoms with E-state index in [4.69, 9.17) is 14.5 Å². The van der Waals surface area contributed by atoms with Crippen molar-refractivity contribution >= 4 is 46.7 Å². The molecule has 0 bridgehead atoms. The zero-order valence-corrected chi connectivity index (χ0v) is 27.5. The predicted molar refractivity (Wildman–Crippen MR) is 170 cm³/mol. The van der Waals surface area contributed by atoms with E-state index in [-0.39, 0.29) is 28.2 Å². The fourth-order valence-electron chi connectivity index (χ4n) is 5.91. The number of carbonyl (C=O) groups excluding carboxylic acids is 3. The first-order chi connectivity index (χ1) is 21.6. The number of nitrogens with one attached hydrogen (secondary N) is 1. The molecule has 3 aromatic rings. The number of alkyl halides is 2. The number of amides is 3. The average molecular weight is 678 g/mol. The van der Waals surface area contributed by atoms with Crippen molar-refractivity contribution in [3.8, 4) is 0 Å². The first-order valence-electron chi connectivity index (χ1n) is 15.1. The van der Waals surface area contributed by atoms with Gasteiger partial charge in [-0.25, -0.2) is 0 Å². The molecule has 0 aliphatic carbocycles. The van der Waals surface area contributed by atoms with Gasteiger partial charge in [-0.05, 0) is 53.8 Å². The second kappa shape index (κ2) is 13.1. The zero-order chi connectivity index (χ0) is 33.4. The van der Waals surface area contributed by atoms with E-state index >= 15 is 0 Å². The van der Waals surface area contributed by atoms with Crippen LogP contribution in [0, 0.1) is 5.41 Å². The smallest absolute Gasteiger partial charge is 0.370 e. The van der Waals surface area contributed by atoms with Crippen molar-refractivity contribution < 1.29 is 42.3 Å². The quantitative estimate of drug-likeness (QED) is 0.291. The topological polar surface area (TPSA) is 136 Å². The van der Waals surface area contributed by atoms with Crippen LogP contribution >= 0.6 is 18.9 Å². The average Bonchev–Trinajstić information content (AvgIpc) is 3.46. The minimum absolute atomic E-state index is 0.139. The van der Waals surface area contributed by atoms with E-state index in [9.17, 15) is 27.7 Å². The fourth-order valence-corrected chi connectivity index (χ4v) is 7.33. The third-order valence-electron chi connectivity index (χ3n) is 8.46. The zero-order valence-electron chi connectivity index (χ0n) is 25.8. The van der Waals surface area contributed by atoms with Gasteiger partial charge in [-0.1, -0.05) is 57.2 Å². The van der Waals surface area contributed by atoms with E-state index in [1.807, 2.05) is 51.1 Å². The van der Waals surface area contributed by atoms with Gasteiger partial charge >= 0.3 is 13.3 Å². The molecule has 2 aromatic carbocycles. The van der Waals surface area contributed by atoms with E-state index < -0.39 is 42.2 Å². The Hall–Kier alpha value is -3.22. The summed E-state index contributed by atoms with van der Waals surface area (Å²) in [5, 5.41) is 3.04. The number of benzene rings is 2. The lowest BCUT2D eigenvalue weighted by Crippen LogP contribution is -2.61. The number of rotatable bonds is 7. The fraction of sp³-hybridized carbons (Fsp3) is 0.469. The highest BCUT2D eigenvalue weighted by Gasteiger charge is 2.50. The van der Waals surface area contributed by atoms with Crippen LogP contribution in [0.4, 0.5) is 8.78 Å². The molecule has 248 valence electrons. The Labute approximate surface area is 269 Å². The minimum Gasteiger partial charge on any atom is -0.370 e. The van der Waals surface area contributed by atoms with Gasteiger partial charge in [0, 0.05) is 23.4 Å². The van der Waals surface area contributed by atoms with Crippen LogP contribution < -0.4 is 5.32 Å². The Kier molecular flexibility index (Phi) is 9.73. The molecule has 2 fully saturated rings. The highest BCUT2D eigenvalue weighted by Crippen LogP contribution is 2.59. The monoisotopic (exact) mass is 677 g/mol. The molecule has 2 aliphatic rings. The first-order valence-corrected chi connectivity index (χ1v) is 17.5. The Morgan fingerprint density at radius 1 is 1.04 bits per heavy atom. The van der Waals surface area contributed by atoms with Crippen LogP contribution in [0.3, 0.4) is 0 Å². The van der Waals surface area contributed by atoms with Gasteiger partial charge in [0.1, 0.15) is 18.2 Å². The molecule has 3 N–H and O–H groups in total. The highest BCUT2D eigenvalue weighted by atomic mass is 32.1. The maximum atomic E-state index is 14.3. The molecule has 1 aromatic heterocycles. The van der Waals surface area contributed by atoms with Gasteiger partial charge in [0.05, 0.1) is 18.0 Å². The summed E-state index contributed by atoms with van der Waals surface area (Å²) in [5.41, 5.74) is -5.02. The lowest BCUT2D eigenvalue weighted by atomic mass is 9.84. The standard InChI is InChI=1S/C32H38F2N3O7PS/c1-31(2,3)27(35-28(38)26-18-21-17-22(12-13-25(21)46-26)32(33,34)45(41,42)43)30(40)37-14-8-7-11-23(37)29(39)36-15-16-44-24(19-36)20-9-5-4-6-10-20/h4-6,9-10,12-13,17-18,23-24,27H,7-8,11,14-16,19H2,1-3H3,(H,35,38)(H2,41,42,43). The van der Waals surface area contributed by atoms with Gasteiger partial charge in [-0.2, -0.15) is 8.78 Å². The molecule has 10 nitrogen and oxygen atoms in total. The lowest BCUT2D eigenvalue weighted by Gasteiger charge is -2.43. The van der Waals surface area contributed by atoms with Crippen LogP contribution in [0.25, 0.3) is 10.1 Å². The van der Waals surface area contributed by atoms with Crippen LogP contribution in [0.2, 0.25) is 0 Å². The number of hydrogen-bond donors (Lipinski definition) is 3. The van der Waals surface area contributed by atoms with Crippen molar-refractivity contribution in [1.29, 1.82) is 0 Å². The molecule has 3 heterocycles. The number of morpholine rings is 1. The van der Waals surface area contributed by atoms with Crippen molar-refractivity contribution in [2.45, 2.75) is 63.9 Å². The van der Waals surface area contributed by atoms with Crippen LogP contribution in [-0.4, -0.2) is 75.6 Å². The van der Waals surface area contributed by atoms with Crippen molar-refractivity contribution in [2.24, 2.45) is 5.41 Å². The molecule has 2 aliphatic heterocycles. The first kappa shape index (κ1) is 34.1. The normalized spacial score (nSPS) is 20.4. The molecular formula is C32H38F2N3O7PS. The van der Waals surface area contributed by atoms with Gasteiger partial charge in [-0.15, -0.1) is 11.3 Å². The number of halogens is 2. The third kappa shape index (κ3) is 7.03. The molecule has 3 amide bonds. The van der Waals surface area contributed by atoms with Crippen molar-refractivity contribution in [3.05, 3.63) is 70.6 Å². The SMILES string of the molecule is CC(C)(C)C(NC(=O)c1cc2cc(C(F)(F)P(=O)(O)O)ccc2s1)C(=O)N1CCCCC1C(=O)N1CCOC(c2ccccc2)C1. The number of nitrogens with zero attached hydrogens (tertiary/aromatic N) is 2. The van der Waals surface area contributed by atoms with Gasteiger partial charge in [0.25, 0.3) is 5.91 Å². The van der Waals surface area contributed by atoms with Crippen LogP contribution in [0.1, 0.15) is 66.9 Å². The van der Waals surface area contributed by atoms with Gasteiger partial charge < -0.3 is 29.6 Å². The number of thiophene rings is 1. The Morgan fingerprint density at radius 2 is 1.76 bits per heavy atom. The number of piperidine rings is 1. The Balaban J connectivity index is 1.34. The van der Waals surface area contributed by atoms with E-state index in [0.717, 1.165) is 35.5 Å². The molecule has 5 rings (SSSR count). The van der Waals surface area contributed by atoms with Gasteiger partial charge in [-0.3, -0.25) is 18.9 Å². The van der Waals surface area contributed by atoms with Crippen LogP contribution in [0.15, 0.2) is 54.6 Å². The van der Waals surface area contributed by atoms with E-state index in [1.165, 1.54) is 12.1 Å². The Bertz CT molecular complexity index is 1660. The summed E-state index contributed by atoms with van der Waals surface area (Å²) in [6, 6.07) is 12.5. The van der Waals surface area contributed by atoms with Crippen molar-refractivity contribution in [1.82, 2.24) is 15.1 Å². The maximum absolute atomic E-state index is 14.3. The summed E-state index contributed by atoms with van der Waals surface area (Å²) < 4.78 is 46.4. The molecule has 3 atom stereocenters. The highest BCUT2D eigenvalue weighted by molar-refractivity contribution is 7.52. The number of fused-ring (bicyclic) bond motifs is 1. The van der Waals surface area contributed by atoms with Crippen molar-refractivity contribution in [2.75, 3.05) is 26.2 Å². The van der Waals surface area contributed by atoms with Crippen molar-refractivity contribution in [3.63, 3.8) is 0 Å². The predicted octanol–water partition coefficient (Wildman–Crippen LogP) is 5.25. The van der Waals surface area contributed by atoms with Gasteiger partial charge in [0.2, 0.25) is 11.8 Å². The summed E-state index contributed by atoms with van der Waals surface area (Å²) >= 11 is 1.01. The number of likely N-dealkylation sites (tertiary alicyclic amines) is 1. The summed E-state index contributed by atoms with van der Waals surface area (Å²) in [7, 11) is -5.77. The van der Waals surface area contributed by atoms with E-state index in [0.29, 0.717) is 43.8 Å². The minimum atomic E-state index is -5.77. The summed E-state index contributed by atoms with van der Waals surface area (Å²) in [6.45, 7) is 6.95. The number of hydrogen-bond acceptors (Lipinski definition) is 6.